The van der Waals surface area contributed by atoms with Gasteiger partial charge in [-0.2, -0.15) is 18.0 Å². The van der Waals surface area contributed by atoms with Crippen molar-refractivity contribution >= 4 is 21.6 Å². The van der Waals surface area contributed by atoms with Crippen LogP contribution in [0.5, 0.6) is 17.2 Å². The smallest absolute Gasteiger partial charge is 0.288 e. The number of piperazine rings is 1. The van der Waals surface area contributed by atoms with Gasteiger partial charge in [-0.1, -0.05) is 0 Å². The molecular formula is C34H40N6O6S. The molecule has 4 heterocycles. The summed E-state index contributed by atoms with van der Waals surface area (Å²) in [7, 11) is 0.619. The number of pyridine rings is 1. The van der Waals surface area contributed by atoms with Crippen molar-refractivity contribution in [1.29, 1.82) is 5.26 Å². The number of nitriles is 1. The molecule has 0 radical (unpaired) electrons. The zero-order chi connectivity index (χ0) is 33.3. The van der Waals surface area contributed by atoms with E-state index in [4.69, 9.17) is 14.2 Å². The summed E-state index contributed by atoms with van der Waals surface area (Å²) in [5.41, 5.74) is -0.327. The second kappa shape index (κ2) is 13.1. The quantitative estimate of drug-likeness (QED) is 0.336. The highest BCUT2D eigenvalue weighted by Crippen LogP contribution is 2.54. The molecule has 2 aromatic carbocycles. The molecule has 0 spiro atoms. The van der Waals surface area contributed by atoms with Gasteiger partial charge < -0.3 is 19.1 Å². The normalized spacial score (nSPS) is 21.3. The lowest BCUT2D eigenvalue weighted by molar-refractivity contribution is -0.127. The largest absolute Gasteiger partial charge is 0.497 e. The van der Waals surface area contributed by atoms with Gasteiger partial charge in [0, 0.05) is 56.4 Å². The van der Waals surface area contributed by atoms with Crippen LogP contribution in [-0.4, -0.2) is 107 Å². The van der Waals surface area contributed by atoms with E-state index in [9.17, 15) is 13.7 Å². The number of hydrogen-bond acceptors (Lipinski definition) is 11. The molecule has 1 unspecified atom stereocenters. The van der Waals surface area contributed by atoms with Gasteiger partial charge in [-0.3, -0.25) is 14.6 Å². The molecule has 3 aliphatic rings. The lowest BCUT2D eigenvalue weighted by Crippen LogP contribution is -2.59. The fourth-order valence-electron chi connectivity index (χ4n) is 7.11. The monoisotopic (exact) mass is 660 g/mol. The Morgan fingerprint density at radius 1 is 0.936 bits per heavy atom. The molecule has 2 saturated heterocycles. The van der Waals surface area contributed by atoms with E-state index in [1.54, 1.807) is 24.3 Å². The molecule has 2 fully saturated rings. The van der Waals surface area contributed by atoms with Crippen LogP contribution in [0.3, 0.4) is 0 Å². The van der Waals surface area contributed by atoms with E-state index in [2.05, 4.69) is 32.8 Å². The highest BCUT2D eigenvalue weighted by molar-refractivity contribution is 7.93. The minimum Gasteiger partial charge on any atom is -0.497 e. The van der Waals surface area contributed by atoms with E-state index in [1.165, 1.54) is 44.7 Å². The number of fused-ring (bicyclic) bond motifs is 1. The lowest BCUT2D eigenvalue weighted by atomic mass is 9.79. The number of likely N-dealkylation sites (N-methyl/N-ethyl adjacent to an activating group) is 1. The first-order chi connectivity index (χ1) is 22.7. The van der Waals surface area contributed by atoms with Crippen molar-refractivity contribution in [3.05, 3.63) is 71.4 Å². The first-order valence-electron chi connectivity index (χ1n) is 15.8. The number of ether oxygens (including phenoxy) is 3. The van der Waals surface area contributed by atoms with Gasteiger partial charge in [0.1, 0.15) is 17.2 Å². The number of benzene rings is 2. The molecule has 1 aromatic heterocycles. The number of hydrogen-bond donors (Lipinski definition) is 0. The number of anilines is 1. The Kier molecular flexibility index (Phi) is 9.13. The Morgan fingerprint density at radius 3 is 2.26 bits per heavy atom. The summed E-state index contributed by atoms with van der Waals surface area (Å²) in [4.78, 5) is 26.4. The van der Waals surface area contributed by atoms with Crippen LogP contribution in [0.4, 0.5) is 5.69 Å². The van der Waals surface area contributed by atoms with Crippen molar-refractivity contribution in [2.75, 3.05) is 71.4 Å². The van der Waals surface area contributed by atoms with Crippen molar-refractivity contribution in [2.24, 2.45) is 0 Å². The molecule has 13 heteroatoms. The molecule has 1 amide bonds. The first kappa shape index (κ1) is 32.7. The number of rotatable bonds is 9. The van der Waals surface area contributed by atoms with Gasteiger partial charge in [0.15, 0.2) is 10.6 Å². The molecule has 0 bridgehead atoms. The maximum absolute atomic E-state index is 15.4. The average molecular weight is 661 g/mol. The SMILES string of the molecule is CCOc1ccc(OC)cc1C1(N2CCC(N3CCN(C)CC3)CC2)C(=O)N(S(=O)(=O)c2ccc(OC)cn2)c2ccc(C#N)cc21. The van der Waals surface area contributed by atoms with E-state index in [0.29, 0.717) is 59.7 Å². The summed E-state index contributed by atoms with van der Waals surface area (Å²) in [5.74, 6) is 0.607. The van der Waals surface area contributed by atoms with Crippen molar-refractivity contribution in [1.82, 2.24) is 19.7 Å². The van der Waals surface area contributed by atoms with Gasteiger partial charge in [0.05, 0.1) is 44.3 Å². The zero-order valence-electron chi connectivity index (χ0n) is 27.2. The highest BCUT2D eigenvalue weighted by atomic mass is 32.2. The number of nitrogens with zero attached hydrogens (tertiary/aromatic N) is 6. The Balaban J connectivity index is 1.54. The maximum Gasteiger partial charge on any atom is 0.288 e. The van der Waals surface area contributed by atoms with E-state index in [-0.39, 0.29) is 10.7 Å². The Hall–Kier alpha value is -4.22. The number of sulfonamides is 1. The average Bonchev–Trinajstić information content (AvgIpc) is 3.37. The summed E-state index contributed by atoms with van der Waals surface area (Å²) in [5, 5.41) is 9.70. The molecular weight excluding hydrogens is 620 g/mol. The second-order valence-electron chi connectivity index (χ2n) is 12.0. The highest BCUT2D eigenvalue weighted by Gasteiger charge is 2.61. The van der Waals surface area contributed by atoms with Crippen molar-refractivity contribution in [3.8, 4) is 23.3 Å². The number of methoxy groups -OCH3 is 2. The standard InChI is InChI=1S/C34H40N6O6S/c1-5-46-31-10-7-26(44-3)21-29(31)34(39-14-12-25(13-15-39)38-18-16-37(2)17-19-38)28-20-24(22-35)6-9-30(28)40(33(34)41)47(42,43)32-11-8-27(45-4)23-36-32/h6-11,20-21,23,25H,5,12-19H2,1-4H3. The number of piperidine rings is 1. The van der Waals surface area contributed by atoms with E-state index in [0.717, 1.165) is 43.3 Å². The van der Waals surface area contributed by atoms with Gasteiger partial charge in [-0.15, -0.1) is 0 Å². The summed E-state index contributed by atoms with van der Waals surface area (Å²) < 4.78 is 46.7. The predicted molar refractivity (Wildman–Crippen MR) is 175 cm³/mol. The van der Waals surface area contributed by atoms with Gasteiger partial charge in [0.25, 0.3) is 15.9 Å². The van der Waals surface area contributed by atoms with E-state index in [1.807, 2.05) is 6.92 Å². The number of amides is 1. The molecule has 47 heavy (non-hydrogen) atoms. The molecule has 0 N–H and O–H groups in total. The molecule has 1 atom stereocenters. The molecule has 0 saturated carbocycles. The molecule has 0 aliphatic carbocycles. The zero-order valence-corrected chi connectivity index (χ0v) is 28.0. The lowest BCUT2D eigenvalue weighted by Gasteiger charge is -2.47. The Bertz CT molecular complexity index is 1780. The summed E-state index contributed by atoms with van der Waals surface area (Å²) in [6.07, 6.45) is 2.87. The fraction of sp³-hybridized carbons (Fsp3) is 0.441. The number of aromatic nitrogens is 1. The van der Waals surface area contributed by atoms with Crippen LogP contribution in [0.2, 0.25) is 0 Å². The Morgan fingerprint density at radius 2 is 1.64 bits per heavy atom. The van der Waals surface area contributed by atoms with Crippen LogP contribution < -0.4 is 18.5 Å². The molecule has 3 aromatic rings. The van der Waals surface area contributed by atoms with Gasteiger partial charge in [-0.05, 0) is 75.3 Å². The van der Waals surface area contributed by atoms with Crippen molar-refractivity contribution in [2.45, 2.75) is 36.4 Å². The fourth-order valence-corrected chi connectivity index (χ4v) is 8.49. The topological polar surface area (TPSA) is 129 Å². The minimum atomic E-state index is -4.51. The number of carbonyl (C=O) groups is 1. The summed E-state index contributed by atoms with van der Waals surface area (Å²) >= 11 is 0. The summed E-state index contributed by atoms with van der Waals surface area (Å²) in [6, 6.07) is 15.3. The summed E-state index contributed by atoms with van der Waals surface area (Å²) in [6.45, 7) is 7.15. The van der Waals surface area contributed by atoms with Crippen molar-refractivity contribution < 1.29 is 27.4 Å². The van der Waals surface area contributed by atoms with E-state index < -0.39 is 21.5 Å². The first-order valence-corrected chi connectivity index (χ1v) is 17.3. The van der Waals surface area contributed by atoms with E-state index >= 15 is 4.79 Å². The van der Waals surface area contributed by atoms with Crippen LogP contribution >= 0.6 is 0 Å². The van der Waals surface area contributed by atoms with Gasteiger partial charge in [0.2, 0.25) is 0 Å². The third kappa shape index (κ3) is 5.59. The number of carbonyl (C=O) groups excluding carboxylic acids is 1. The molecule has 3 aliphatic heterocycles. The predicted octanol–water partition coefficient (Wildman–Crippen LogP) is 3.06. The Labute approximate surface area is 276 Å². The van der Waals surface area contributed by atoms with Crippen LogP contribution in [0, 0.1) is 11.3 Å². The van der Waals surface area contributed by atoms with Crippen LogP contribution in [-0.2, 0) is 20.4 Å². The van der Waals surface area contributed by atoms with Crippen LogP contribution in [0.15, 0.2) is 59.8 Å². The number of likely N-dealkylation sites (tertiary alicyclic amines) is 1. The third-order valence-electron chi connectivity index (χ3n) is 9.55. The van der Waals surface area contributed by atoms with Gasteiger partial charge in [-0.25, -0.2) is 4.98 Å². The van der Waals surface area contributed by atoms with Crippen LogP contribution in [0.1, 0.15) is 36.5 Å². The molecule has 248 valence electrons. The maximum atomic E-state index is 15.4. The molecule has 12 nitrogen and oxygen atoms in total. The van der Waals surface area contributed by atoms with Gasteiger partial charge >= 0.3 is 0 Å². The van der Waals surface area contributed by atoms with Crippen molar-refractivity contribution in [3.63, 3.8) is 0 Å². The minimum absolute atomic E-state index is 0.165. The van der Waals surface area contributed by atoms with Crippen LogP contribution in [0.25, 0.3) is 0 Å². The third-order valence-corrected chi connectivity index (χ3v) is 11.2. The second-order valence-corrected chi connectivity index (χ2v) is 13.8. The molecule has 6 rings (SSSR count).